The van der Waals surface area contributed by atoms with Gasteiger partial charge < -0.3 is 15.7 Å². The van der Waals surface area contributed by atoms with E-state index in [0.717, 1.165) is 25.0 Å². The number of nitrogens with two attached hydrogens (primary N) is 1. The minimum atomic E-state index is -0.614. The molecule has 0 saturated carbocycles. The molecule has 0 aromatic carbocycles. The van der Waals surface area contributed by atoms with E-state index in [9.17, 15) is 5.11 Å². The van der Waals surface area contributed by atoms with E-state index >= 15 is 0 Å². The van der Waals surface area contributed by atoms with Crippen LogP contribution in [0, 0.1) is 11.8 Å². The molecule has 3 N–H and O–H groups in total. The van der Waals surface area contributed by atoms with Gasteiger partial charge in [0.25, 0.3) is 0 Å². The Bertz CT molecular complexity index is 358. The SMILES string of the molecule is CCC(/C=C\C(=C/N)N1C[C@](C)(O)CC[C@@H]1C)C(C)C. The smallest absolute Gasteiger partial charge is 0.0794 e. The molecule has 1 heterocycles. The number of allylic oxidation sites excluding steroid dienone is 2. The van der Waals surface area contributed by atoms with Crippen molar-refractivity contribution in [2.24, 2.45) is 17.6 Å². The number of nitrogens with zero attached hydrogens (tertiary/aromatic N) is 1. The molecule has 3 atom stereocenters. The zero-order valence-corrected chi connectivity index (χ0v) is 13.8. The molecule has 1 unspecified atom stereocenters. The third-order valence-corrected chi connectivity index (χ3v) is 4.49. The molecule has 0 aliphatic carbocycles. The number of hydrogen-bond donors (Lipinski definition) is 2. The summed E-state index contributed by atoms with van der Waals surface area (Å²) in [7, 11) is 0. The molecule has 116 valence electrons. The highest BCUT2D eigenvalue weighted by atomic mass is 16.3. The topological polar surface area (TPSA) is 49.5 Å². The van der Waals surface area contributed by atoms with Crippen molar-refractivity contribution in [2.75, 3.05) is 6.54 Å². The quantitative estimate of drug-likeness (QED) is 0.760. The summed E-state index contributed by atoms with van der Waals surface area (Å²) >= 11 is 0. The minimum Gasteiger partial charge on any atom is -0.403 e. The number of hydrogen-bond acceptors (Lipinski definition) is 3. The van der Waals surface area contributed by atoms with E-state index in [1.807, 2.05) is 6.92 Å². The standard InChI is InChI=1S/C17H32N2O/c1-6-15(13(2)3)7-8-16(11-18)19-12-17(5,20)10-9-14(19)4/h7-8,11,13-15,20H,6,9-10,12,18H2,1-5H3/b8-7-,16-11+/t14-,15?,17+/m0/s1. The van der Waals surface area contributed by atoms with E-state index in [4.69, 9.17) is 5.73 Å². The van der Waals surface area contributed by atoms with Gasteiger partial charge >= 0.3 is 0 Å². The van der Waals surface area contributed by atoms with Gasteiger partial charge in [-0.1, -0.05) is 26.8 Å². The Balaban J connectivity index is 2.82. The lowest BCUT2D eigenvalue weighted by molar-refractivity contribution is -0.0207. The van der Waals surface area contributed by atoms with Crippen LogP contribution in [-0.2, 0) is 0 Å². The van der Waals surface area contributed by atoms with Gasteiger partial charge in [0.2, 0.25) is 0 Å². The molecule has 1 fully saturated rings. The summed E-state index contributed by atoms with van der Waals surface area (Å²) < 4.78 is 0. The lowest BCUT2D eigenvalue weighted by atomic mass is 9.89. The molecule has 1 aliphatic heterocycles. The molecule has 20 heavy (non-hydrogen) atoms. The Labute approximate surface area is 124 Å². The Morgan fingerprint density at radius 3 is 2.65 bits per heavy atom. The first kappa shape index (κ1) is 17.1. The van der Waals surface area contributed by atoms with E-state index in [0.29, 0.717) is 24.4 Å². The van der Waals surface area contributed by atoms with Crippen LogP contribution in [0.5, 0.6) is 0 Å². The van der Waals surface area contributed by atoms with Gasteiger partial charge in [0.15, 0.2) is 0 Å². The first-order valence-corrected chi connectivity index (χ1v) is 7.90. The fourth-order valence-corrected chi connectivity index (χ4v) is 2.92. The normalized spacial score (nSPS) is 30.2. The molecule has 1 rings (SSSR count). The summed E-state index contributed by atoms with van der Waals surface area (Å²) in [6, 6.07) is 0.425. The highest BCUT2D eigenvalue weighted by Gasteiger charge is 2.32. The fourth-order valence-electron chi connectivity index (χ4n) is 2.92. The van der Waals surface area contributed by atoms with E-state index in [2.05, 4.69) is 44.7 Å². The fraction of sp³-hybridized carbons (Fsp3) is 0.765. The van der Waals surface area contributed by atoms with Crippen molar-refractivity contribution in [1.82, 2.24) is 4.90 Å². The van der Waals surface area contributed by atoms with Gasteiger partial charge in [-0.2, -0.15) is 0 Å². The number of rotatable bonds is 5. The summed E-state index contributed by atoms with van der Waals surface area (Å²) in [5, 5.41) is 10.3. The van der Waals surface area contributed by atoms with Crippen LogP contribution in [0.1, 0.15) is 53.9 Å². The monoisotopic (exact) mass is 280 g/mol. The first-order chi connectivity index (χ1) is 9.30. The highest BCUT2D eigenvalue weighted by Crippen LogP contribution is 2.28. The maximum atomic E-state index is 10.3. The van der Waals surface area contributed by atoms with Gasteiger partial charge in [0.1, 0.15) is 0 Å². The zero-order chi connectivity index (χ0) is 15.3. The summed E-state index contributed by atoms with van der Waals surface area (Å²) in [6.45, 7) is 11.5. The summed E-state index contributed by atoms with van der Waals surface area (Å²) in [4.78, 5) is 2.23. The summed E-state index contributed by atoms with van der Waals surface area (Å²) in [6.07, 6.45) is 9.06. The van der Waals surface area contributed by atoms with Crippen molar-refractivity contribution in [3.05, 3.63) is 24.0 Å². The van der Waals surface area contributed by atoms with Crippen molar-refractivity contribution < 1.29 is 5.11 Å². The molecule has 0 aromatic heterocycles. The molecule has 0 spiro atoms. The largest absolute Gasteiger partial charge is 0.403 e. The highest BCUT2D eigenvalue weighted by molar-refractivity contribution is 5.19. The van der Waals surface area contributed by atoms with Crippen LogP contribution >= 0.6 is 0 Å². The molecule has 3 heteroatoms. The predicted octanol–water partition coefficient (Wildman–Crippen LogP) is 3.26. The summed E-state index contributed by atoms with van der Waals surface area (Å²) in [5.74, 6) is 1.21. The van der Waals surface area contributed by atoms with Gasteiger partial charge in [-0.3, -0.25) is 0 Å². The van der Waals surface area contributed by atoms with E-state index in [-0.39, 0.29) is 0 Å². The van der Waals surface area contributed by atoms with Crippen LogP contribution in [0.4, 0.5) is 0 Å². The summed E-state index contributed by atoms with van der Waals surface area (Å²) in [5.41, 5.74) is 6.23. The van der Waals surface area contributed by atoms with Gasteiger partial charge in [-0.05, 0) is 51.0 Å². The molecular formula is C17H32N2O. The van der Waals surface area contributed by atoms with Crippen LogP contribution < -0.4 is 5.73 Å². The van der Waals surface area contributed by atoms with Gasteiger partial charge in [0.05, 0.1) is 11.3 Å². The lowest BCUT2D eigenvalue weighted by Crippen LogP contribution is -2.49. The van der Waals surface area contributed by atoms with Gasteiger partial charge in [0, 0.05) is 18.8 Å². The number of β-amino-alcohol motifs (C(OH)–C–C–N with tert-alkyl or cyclic N) is 1. The van der Waals surface area contributed by atoms with Crippen LogP contribution in [0.3, 0.4) is 0 Å². The Morgan fingerprint density at radius 2 is 2.15 bits per heavy atom. The number of likely N-dealkylation sites (tertiary alicyclic amines) is 1. The maximum absolute atomic E-state index is 10.3. The van der Waals surface area contributed by atoms with E-state index in [1.54, 1.807) is 6.20 Å². The van der Waals surface area contributed by atoms with Crippen molar-refractivity contribution in [2.45, 2.75) is 65.5 Å². The third kappa shape index (κ3) is 4.55. The third-order valence-electron chi connectivity index (χ3n) is 4.49. The lowest BCUT2D eigenvalue weighted by Gasteiger charge is -2.43. The number of piperidine rings is 1. The second-order valence-electron chi connectivity index (χ2n) is 6.78. The second-order valence-corrected chi connectivity index (χ2v) is 6.78. The molecule has 0 bridgehead atoms. The van der Waals surface area contributed by atoms with Gasteiger partial charge in [-0.15, -0.1) is 0 Å². The Hall–Kier alpha value is -0.960. The average molecular weight is 280 g/mol. The second kappa shape index (κ2) is 7.16. The van der Waals surface area contributed by atoms with Crippen LogP contribution in [0.15, 0.2) is 24.0 Å². The van der Waals surface area contributed by atoms with Crippen molar-refractivity contribution in [3.8, 4) is 0 Å². The van der Waals surface area contributed by atoms with E-state index < -0.39 is 5.60 Å². The molecule has 0 radical (unpaired) electrons. The molecule has 0 amide bonds. The Morgan fingerprint density at radius 1 is 1.50 bits per heavy atom. The number of aliphatic hydroxyl groups is 1. The molecular weight excluding hydrogens is 248 g/mol. The van der Waals surface area contributed by atoms with Crippen molar-refractivity contribution >= 4 is 0 Å². The van der Waals surface area contributed by atoms with Crippen LogP contribution in [0.2, 0.25) is 0 Å². The zero-order valence-electron chi connectivity index (χ0n) is 13.8. The molecule has 3 nitrogen and oxygen atoms in total. The molecule has 0 aromatic rings. The minimum absolute atomic E-state index is 0.425. The predicted molar refractivity (Wildman–Crippen MR) is 86.1 cm³/mol. The maximum Gasteiger partial charge on any atom is 0.0794 e. The van der Waals surface area contributed by atoms with Crippen molar-refractivity contribution in [1.29, 1.82) is 0 Å². The molecule has 1 aliphatic rings. The van der Waals surface area contributed by atoms with Crippen LogP contribution in [0.25, 0.3) is 0 Å². The first-order valence-electron chi connectivity index (χ1n) is 7.90. The average Bonchev–Trinajstić information content (AvgIpc) is 2.38. The Kier molecular flexibility index (Phi) is 6.12. The van der Waals surface area contributed by atoms with Crippen LogP contribution in [-0.4, -0.2) is 28.2 Å². The van der Waals surface area contributed by atoms with E-state index in [1.165, 1.54) is 0 Å². The van der Waals surface area contributed by atoms with Crippen molar-refractivity contribution in [3.63, 3.8) is 0 Å². The molecule has 1 saturated heterocycles. The van der Waals surface area contributed by atoms with Gasteiger partial charge in [-0.25, -0.2) is 0 Å².